The van der Waals surface area contributed by atoms with Gasteiger partial charge in [-0.25, -0.2) is 9.78 Å². The lowest BCUT2D eigenvalue weighted by molar-refractivity contribution is 0.0932. The Kier molecular flexibility index (Phi) is 5.51. The van der Waals surface area contributed by atoms with Crippen LogP contribution in [0.4, 0.5) is 5.69 Å². The van der Waals surface area contributed by atoms with Crippen LogP contribution in [-0.4, -0.2) is 25.9 Å². The van der Waals surface area contributed by atoms with E-state index in [1.165, 1.54) is 22.5 Å². The lowest BCUT2D eigenvalue weighted by atomic mass is 9.87. The highest BCUT2D eigenvalue weighted by Crippen LogP contribution is 2.31. The highest BCUT2D eigenvalue weighted by molar-refractivity contribution is 5.95. The Morgan fingerprint density at radius 1 is 1.32 bits per heavy atom. The summed E-state index contributed by atoms with van der Waals surface area (Å²) >= 11 is 0. The lowest BCUT2D eigenvalue weighted by Crippen LogP contribution is -2.31. The van der Waals surface area contributed by atoms with Crippen molar-refractivity contribution in [3.63, 3.8) is 0 Å². The van der Waals surface area contributed by atoms with E-state index in [2.05, 4.69) is 20.6 Å². The van der Waals surface area contributed by atoms with Crippen LogP contribution in [0.1, 0.15) is 46.1 Å². The fourth-order valence-electron chi connectivity index (χ4n) is 3.54. The molecule has 0 radical (unpaired) electrons. The second kappa shape index (κ2) is 7.85. The number of amides is 1. The number of aromatic amines is 1. The average molecular weight is 401 g/mol. The SMILES string of the molecule is Cc1c(C(=O)NC2CCCc3cc(N)ccc32)cnn1-c1ccc(=O)[nH]n1.Cl. The molecule has 8 nitrogen and oxygen atoms in total. The Bertz CT molecular complexity index is 1050. The van der Waals surface area contributed by atoms with Crippen molar-refractivity contribution in [2.45, 2.75) is 32.2 Å². The molecular formula is C19H21ClN6O2. The Morgan fingerprint density at radius 2 is 2.14 bits per heavy atom. The van der Waals surface area contributed by atoms with Crippen LogP contribution < -0.4 is 16.6 Å². The summed E-state index contributed by atoms with van der Waals surface area (Å²) in [4.78, 5) is 24.0. The molecule has 1 aliphatic carbocycles. The number of halogens is 1. The van der Waals surface area contributed by atoms with Crippen LogP contribution in [-0.2, 0) is 6.42 Å². The second-order valence-corrected chi connectivity index (χ2v) is 6.71. The molecule has 1 unspecified atom stereocenters. The number of carbonyl (C=O) groups excluding carboxylic acids is 1. The number of H-pyrrole nitrogens is 1. The van der Waals surface area contributed by atoms with E-state index in [1.54, 1.807) is 13.0 Å². The van der Waals surface area contributed by atoms with Gasteiger partial charge in [0.05, 0.1) is 23.5 Å². The molecule has 0 saturated carbocycles. The zero-order valence-corrected chi connectivity index (χ0v) is 16.1. The summed E-state index contributed by atoms with van der Waals surface area (Å²) in [5.74, 6) is 0.266. The lowest BCUT2D eigenvalue weighted by Gasteiger charge is -2.26. The zero-order valence-electron chi connectivity index (χ0n) is 15.3. The second-order valence-electron chi connectivity index (χ2n) is 6.71. The number of anilines is 1. The Hall–Kier alpha value is -3.13. The van der Waals surface area contributed by atoms with E-state index in [4.69, 9.17) is 5.73 Å². The van der Waals surface area contributed by atoms with Gasteiger partial charge in [-0.2, -0.15) is 10.2 Å². The largest absolute Gasteiger partial charge is 0.399 e. The fourth-order valence-corrected chi connectivity index (χ4v) is 3.54. The van der Waals surface area contributed by atoms with Crippen molar-refractivity contribution < 1.29 is 4.79 Å². The smallest absolute Gasteiger partial charge is 0.264 e. The van der Waals surface area contributed by atoms with Gasteiger partial charge in [0.2, 0.25) is 0 Å². The fraction of sp³-hybridized carbons (Fsp3) is 0.263. The monoisotopic (exact) mass is 400 g/mol. The highest BCUT2D eigenvalue weighted by Gasteiger charge is 2.24. The number of rotatable bonds is 3. The van der Waals surface area contributed by atoms with Gasteiger partial charge < -0.3 is 11.1 Å². The number of fused-ring (bicyclic) bond motifs is 1. The third kappa shape index (κ3) is 3.63. The van der Waals surface area contributed by atoms with Crippen LogP contribution in [0.15, 0.2) is 41.3 Å². The van der Waals surface area contributed by atoms with E-state index in [0.29, 0.717) is 17.1 Å². The van der Waals surface area contributed by atoms with Gasteiger partial charge in [0.15, 0.2) is 5.82 Å². The predicted molar refractivity (Wildman–Crippen MR) is 108 cm³/mol. The molecule has 28 heavy (non-hydrogen) atoms. The van der Waals surface area contributed by atoms with Gasteiger partial charge in [-0.1, -0.05) is 6.07 Å². The number of aromatic nitrogens is 4. The number of nitrogens with one attached hydrogen (secondary N) is 2. The third-order valence-corrected chi connectivity index (χ3v) is 4.92. The molecular weight excluding hydrogens is 380 g/mol. The van der Waals surface area contributed by atoms with E-state index in [0.717, 1.165) is 30.5 Å². The van der Waals surface area contributed by atoms with Crippen LogP contribution >= 0.6 is 12.4 Å². The summed E-state index contributed by atoms with van der Waals surface area (Å²) in [7, 11) is 0. The number of nitrogens with zero attached hydrogens (tertiary/aromatic N) is 3. The minimum atomic E-state index is -0.293. The molecule has 0 fully saturated rings. The molecule has 0 saturated heterocycles. The van der Waals surface area contributed by atoms with Gasteiger partial charge in [-0.05, 0) is 55.5 Å². The van der Waals surface area contributed by atoms with Crippen LogP contribution in [0, 0.1) is 6.92 Å². The Labute approximate surface area is 167 Å². The molecule has 4 N–H and O–H groups in total. The molecule has 1 aliphatic rings. The summed E-state index contributed by atoms with van der Waals surface area (Å²) in [6.45, 7) is 1.80. The molecule has 3 aromatic rings. The molecule has 4 rings (SSSR count). The number of hydrogen-bond acceptors (Lipinski definition) is 5. The minimum Gasteiger partial charge on any atom is -0.399 e. The van der Waals surface area contributed by atoms with Crippen molar-refractivity contribution in [3.05, 3.63) is 69.3 Å². The van der Waals surface area contributed by atoms with E-state index in [9.17, 15) is 9.59 Å². The minimum absolute atomic E-state index is 0. The van der Waals surface area contributed by atoms with E-state index >= 15 is 0 Å². The Morgan fingerprint density at radius 3 is 2.89 bits per heavy atom. The molecule has 0 bridgehead atoms. The molecule has 9 heteroatoms. The summed E-state index contributed by atoms with van der Waals surface area (Å²) in [5, 5.41) is 13.7. The van der Waals surface area contributed by atoms with E-state index in [-0.39, 0.29) is 29.9 Å². The van der Waals surface area contributed by atoms with Crippen LogP contribution in [0.2, 0.25) is 0 Å². The van der Waals surface area contributed by atoms with Crippen molar-refractivity contribution in [1.29, 1.82) is 0 Å². The first-order chi connectivity index (χ1) is 13.0. The zero-order chi connectivity index (χ0) is 19.0. The molecule has 1 atom stereocenters. The number of nitrogens with two attached hydrogens (primary N) is 1. The maximum Gasteiger partial charge on any atom is 0.264 e. The Balaban J connectivity index is 0.00000225. The van der Waals surface area contributed by atoms with E-state index in [1.807, 2.05) is 18.2 Å². The summed E-state index contributed by atoms with van der Waals surface area (Å²) in [6, 6.07) is 8.73. The first-order valence-electron chi connectivity index (χ1n) is 8.83. The first-order valence-corrected chi connectivity index (χ1v) is 8.83. The van der Waals surface area contributed by atoms with Gasteiger partial charge in [0.1, 0.15) is 0 Å². The molecule has 146 valence electrons. The number of benzene rings is 1. The van der Waals surface area contributed by atoms with Gasteiger partial charge in [-0.15, -0.1) is 12.4 Å². The van der Waals surface area contributed by atoms with Gasteiger partial charge >= 0.3 is 0 Å². The van der Waals surface area contributed by atoms with Gasteiger partial charge in [0.25, 0.3) is 11.5 Å². The van der Waals surface area contributed by atoms with Gasteiger partial charge in [-0.3, -0.25) is 9.59 Å². The topological polar surface area (TPSA) is 119 Å². The highest BCUT2D eigenvalue weighted by atomic mass is 35.5. The predicted octanol–water partition coefficient (Wildman–Crippen LogP) is 2.08. The summed E-state index contributed by atoms with van der Waals surface area (Å²) in [5.41, 5.74) is 9.77. The van der Waals surface area contributed by atoms with Crippen molar-refractivity contribution in [3.8, 4) is 5.82 Å². The maximum atomic E-state index is 12.8. The summed E-state index contributed by atoms with van der Waals surface area (Å²) in [6.07, 6.45) is 4.38. The molecule has 2 aromatic heterocycles. The molecule has 0 spiro atoms. The normalized spacial score (nSPS) is 15.4. The van der Waals surface area contributed by atoms with Crippen LogP contribution in [0.5, 0.6) is 0 Å². The van der Waals surface area contributed by atoms with Crippen molar-refractivity contribution in [2.24, 2.45) is 0 Å². The van der Waals surface area contributed by atoms with Gasteiger partial charge in [0, 0.05) is 11.8 Å². The number of carbonyl (C=O) groups is 1. The summed E-state index contributed by atoms with van der Waals surface area (Å²) < 4.78 is 1.53. The maximum absolute atomic E-state index is 12.8. The van der Waals surface area contributed by atoms with Crippen LogP contribution in [0.3, 0.4) is 0 Å². The van der Waals surface area contributed by atoms with Crippen molar-refractivity contribution in [2.75, 3.05) is 5.73 Å². The third-order valence-electron chi connectivity index (χ3n) is 4.92. The van der Waals surface area contributed by atoms with E-state index < -0.39 is 0 Å². The molecule has 1 aromatic carbocycles. The average Bonchev–Trinajstić information content (AvgIpc) is 3.04. The number of nitrogen functional groups attached to an aromatic ring is 1. The van der Waals surface area contributed by atoms with Crippen molar-refractivity contribution >= 4 is 24.0 Å². The number of hydrogen-bond donors (Lipinski definition) is 3. The molecule has 1 amide bonds. The molecule has 2 heterocycles. The molecule has 0 aliphatic heterocycles. The quantitative estimate of drug-likeness (QED) is 0.581. The standard InChI is InChI=1S/C19H20N6O2.ClH/c1-11-15(10-21-25(11)17-7-8-18(26)24-23-17)19(27)22-16-4-2-3-12-9-13(20)5-6-14(12)16;/h5-10,16H,2-4,20H2,1H3,(H,22,27)(H,24,26);1H. The van der Waals surface area contributed by atoms with Crippen molar-refractivity contribution in [1.82, 2.24) is 25.3 Å². The van der Waals surface area contributed by atoms with Crippen LogP contribution in [0.25, 0.3) is 5.82 Å². The number of aryl methyl sites for hydroxylation is 1. The first kappa shape index (κ1) is 19.6.